The van der Waals surface area contributed by atoms with Crippen molar-refractivity contribution < 1.29 is 17.9 Å². The zero-order valence-corrected chi connectivity index (χ0v) is 18.6. The van der Waals surface area contributed by atoms with E-state index < -0.39 is 10.0 Å². The Morgan fingerprint density at radius 1 is 0.935 bits per heavy atom. The fourth-order valence-corrected chi connectivity index (χ4v) is 5.97. The van der Waals surface area contributed by atoms with Gasteiger partial charge in [0.2, 0.25) is 15.9 Å². The van der Waals surface area contributed by atoms with Crippen LogP contribution in [0.25, 0.3) is 0 Å². The molecule has 166 valence electrons. The lowest BCUT2D eigenvalue weighted by molar-refractivity contribution is -0.137. The molecule has 2 aromatic rings. The summed E-state index contributed by atoms with van der Waals surface area (Å²) >= 11 is 0. The summed E-state index contributed by atoms with van der Waals surface area (Å²) in [6.07, 6.45) is 1.43. The number of para-hydroxylation sites is 2. The molecule has 0 aliphatic carbocycles. The van der Waals surface area contributed by atoms with E-state index in [-0.39, 0.29) is 23.3 Å². The maximum atomic E-state index is 13.2. The Balaban J connectivity index is 1.39. The molecule has 0 N–H and O–H groups in total. The zero-order valence-electron chi connectivity index (χ0n) is 17.8. The highest BCUT2D eigenvalue weighted by atomic mass is 32.2. The summed E-state index contributed by atoms with van der Waals surface area (Å²) in [6.45, 7) is 3.42. The molecule has 1 amide bonds. The van der Waals surface area contributed by atoms with Crippen LogP contribution >= 0.6 is 0 Å². The highest BCUT2D eigenvalue weighted by molar-refractivity contribution is 7.89. The van der Waals surface area contributed by atoms with E-state index in [4.69, 9.17) is 4.74 Å². The van der Waals surface area contributed by atoms with Gasteiger partial charge in [-0.3, -0.25) is 4.79 Å². The van der Waals surface area contributed by atoms with Gasteiger partial charge in [-0.1, -0.05) is 30.3 Å². The van der Waals surface area contributed by atoms with Crippen LogP contribution in [-0.2, 0) is 14.8 Å². The Hall–Kier alpha value is -2.58. The van der Waals surface area contributed by atoms with Crippen LogP contribution in [0, 0.1) is 5.92 Å². The molecule has 0 radical (unpaired) electrons. The molecule has 0 saturated carbocycles. The van der Waals surface area contributed by atoms with E-state index in [2.05, 4.69) is 4.90 Å². The number of piperidine rings is 1. The molecule has 1 unspecified atom stereocenters. The topological polar surface area (TPSA) is 70.2 Å². The molecule has 2 fully saturated rings. The largest absolute Gasteiger partial charge is 0.495 e. The summed E-state index contributed by atoms with van der Waals surface area (Å²) in [6, 6.07) is 16.4. The number of anilines is 1. The monoisotopic (exact) mass is 443 g/mol. The quantitative estimate of drug-likeness (QED) is 0.710. The van der Waals surface area contributed by atoms with Crippen LogP contribution in [0.4, 0.5) is 5.69 Å². The first-order valence-corrected chi connectivity index (χ1v) is 12.2. The highest BCUT2D eigenvalue weighted by Crippen LogP contribution is 2.29. The smallest absolute Gasteiger partial charge is 0.243 e. The van der Waals surface area contributed by atoms with Crippen molar-refractivity contribution >= 4 is 21.6 Å². The molecule has 2 aromatic carbocycles. The Labute approximate surface area is 184 Å². The van der Waals surface area contributed by atoms with E-state index in [1.165, 1.54) is 4.31 Å². The molecular weight excluding hydrogens is 414 g/mol. The number of rotatable bonds is 5. The van der Waals surface area contributed by atoms with E-state index in [0.29, 0.717) is 26.1 Å². The standard InChI is InChI=1S/C23H29N3O4S/c1-30-22-12-6-5-11-21(22)24-14-16-25(17-15-24)23(27)19-8-7-13-26(18-19)31(28,29)20-9-3-2-4-10-20/h2-6,9-12,19H,7-8,13-18H2,1H3. The second-order valence-electron chi connectivity index (χ2n) is 8.00. The van der Waals surface area contributed by atoms with Crippen LogP contribution in [0.5, 0.6) is 5.75 Å². The van der Waals surface area contributed by atoms with Crippen LogP contribution in [0.2, 0.25) is 0 Å². The van der Waals surface area contributed by atoms with Crippen LogP contribution in [0.3, 0.4) is 0 Å². The lowest BCUT2D eigenvalue weighted by Crippen LogP contribution is -2.53. The number of hydrogen-bond donors (Lipinski definition) is 0. The fourth-order valence-electron chi connectivity index (χ4n) is 4.42. The van der Waals surface area contributed by atoms with Crippen LogP contribution < -0.4 is 9.64 Å². The summed E-state index contributed by atoms with van der Waals surface area (Å²) < 4.78 is 32.9. The number of nitrogens with zero attached hydrogens (tertiary/aromatic N) is 3. The summed E-state index contributed by atoms with van der Waals surface area (Å²) in [5, 5.41) is 0. The van der Waals surface area contributed by atoms with Crippen molar-refractivity contribution in [3.63, 3.8) is 0 Å². The van der Waals surface area contributed by atoms with Crippen molar-refractivity contribution in [2.75, 3.05) is 51.3 Å². The lowest BCUT2D eigenvalue weighted by atomic mass is 9.97. The van der Waals surface area contributed by atoms with Gasteiger partial charge in [-0.05, 0) is 37.1 Å². The normalized spacial score (nSPS) is 20.5. The number of sulfonamides is 1. The number of carbonyl (C=O) groups excluding carboxylic acids is 1. The number of amides is 1. The van der Waals surface area contributed by atoms with Gasteiger partial charge in [-0.15, -0.1) is 0 Å². The van der Waals surface area contributed by atoms with Crippen LogP contribution in [0.15, 0.2) is 59.5 Å². The molecule has 0 spiro atoms. The average Bonchev–Trinajstić information content (AvgIpc) is 2.84. The molecule has 8 heteroatoms. The third-order valence-corrected chi connectivity index (χ3v) is 8.01. The third-order valence-electron chi connectivity index (χ3n) is 6.13. The minimum absolute atomic E-state index is 0.0626. The summed E-state index contributed by atoms with van der Waals surface area (Å²) in [5.41, 5.74) is 1.04. The van der Waals surface area contributed by atoms with Crippen LogP contribution in [-0.4, -0.2) is 69.9 Å². The van der Waals surface area contributed by atoms with Crippen molar-refractivity contribution in [1.29, 1.82) is 0 Å². The Morgan fingerprint density at radius 3 is 2.32 bits per heavy atom. The molecule has 2 aliphatic heterocycles. The first kappa shape index (κ1) is 21.6. The molecule has 7 nitrogen and oxygen atoms in total. The van der Waals surface area contributed by atoms with Gasteiger partial charge in [-0.2, -0.15) is 4.31 Å². The Kier molecular flexibility index (Phi) is 6.48. The van der Waals surface area contributed by atoms with Crippen molar-refractivity contribution in [3.05, 3.63) is 54.6 Å². The number of benzene rings is 2. The van der Waals surface area contributed by atoms with Gasteiger partial charge < -0.3 is 14.5 Å². The Morgan fingerprint density at radius 2 is 1.61 bits per heavy atom. The van der Waals surface area contributed by atoms with Gasteiger partial charge in [0.05, 0.1) is 23.6 Å². The molecule has 31 heavy (non-hydrogen) atoms. The van der Waals surface area contributed by atoms with Gasteiger partial charge in [0.25, 0.3) is 0 Å². The number of carbonyl (C=O) groups is 1. The lowest BCUT2D eigenvalue weighted by Gasteiger charge is -2.39. The number of piperazine rings is 1. The Bertz CT molecular complexity index is 1000. The fraction of sp³-hybridized carbons (Fsp3) is 0.435. The number of ether oxygens (including phenoxy) is 1. The van der Waals surface area contributed by atoms with Gasteiger partial charge in [0.15, 0.2) is 0 Å². The molecule has 1 atom stereocenters. The van der Waals surface area contributed by atoms with E-state index >= 15 is 0 Å². The van der Waals surface area contributed by atoms with Gasteiger partial charge >= 0.3 is 0 Å². The highest BCUT2D eigenvalue weighted by Gasteiger charge is 2.36. The van der Waals surface area contributed by atoms with Crippen molar-refractivity contribution in [3.8, 4) is 5.75 Å². The molecular formula is C23H29N3O4S. The minimum Gasteiger partial charge on any atom is -0.495 e. The maximum Gasteiger partial charge on any atom is 0.243 e. The van der Waals surface area contributed by atoms with E-state index in [1.807, 2.05) is 29.2 Å². The molecule has 2 heterocycles. The summed E-state index contributed by atoms with van der Waals surface area (Å²) in [7, 11) is -1.91. The molecule has 2 saturated heterocycles. The number of hydrogen-bond acceptors (Lipinski definition) is 5. The number of methoxy groups -OCH3 is 1. The second-order valence-corrected chi connectivity index (χ2v) is 9.94. The molecule has 4 rings (SSSR count). The zero-order chi connectivity index (χ0) is 21.8. The van der Waals surface area contributed by atoms with E-state index in [0.717, 1.165) is 30.9 Å². The van der Waals surface area contributed by atoms with E-state index in [9.17, 15) is 13.2 Å². The predicted molar refractivity (Wildman–Crippen MR) is 120 cm³/mol. The van der Waals surface area contributed by atoms with Crippen molar-refractivity contribution in [2.45, 2.75) is 17.7 Å². The van der Waals surface area contributed by atoms with Gasteiger partial charge in [0.1, 0.15) is 5.75 Å². The van der Waals surface area contributed by atoms with Crippen molar-refractivity contribution in [2.24, 2.45) is 5.92 Å². The first-order chi connectivity index (χ1) is 15.0. The van der Waals surface area contributed by atoms with Gasteiger partial charge in [0, 0.05) is 39.3 Å². The minimum atomic E-state index is -3.57. The van der Waals surface area contributed by atoms with Crippen molar-refractivity contribution in [1.82, 2.24) is 9.21 Å². The molecule has 0 bridgehead atoms. The van der Waals surface area contributed by atoms with E-state index in [1.54, 1.807) is 37.4 Å². The second kappa shape index (κ2) is 9.28. The average molecular weight is 444 g/mol. The molecule has 2 aliphatic rings. The predicted octanol–water partition coefficient (Wildman–Crippen LogP) is 2.44. The summed E-state index contributed by atoms with van der Waals surface area (Å²) in [4.78, 5) is 17.6. The summed E-state index contributed by atoms with van der Waals surface area (Å²) in [5.74, 6) is 0.606. The SMILES string of the molecule is COc1ccccc1N1CCN(C(=O)C2CCCN(S(=O)(=O)c3ccccc3)C2)CC1. The molecule has 0 aromatic heterocycles. The van der Waals surface area contributed by atoms with Crippen LogP contribution in [0.1, 0.15) is 12.8 Å². The van der Waals surface area contributed by atoms with Gasteiger partial charge in [-0.25, -0.2) is 8.42 Å². The third kappa shape index (κ3) is 4.55. The maximum absolute atomic E-state index is 13.2. The first-order valence-electron chi connectivity index (χ1n) is 10.7.